The molecule has 0 amide bonds. The predicted octanol–water partition coefficient (Wildman–Crippen LogP) is 1.33. The Morgan fingerprint density at radius 3 is 2.50 bits per heavy atom. The molecule has 0 saturated heterocycles. The van der Waals surface area contributed by atoms with Crippen molar-refractivity contribution in [1.29, 1.82) is 0 Å². The molecule has 4 saturated carbocycles. The lowest BCUT2D eigenvalue weighted by atomic mass is 9.36. The van der Waals surface area contributed by atoms with E-state index < -0.39 is 0 Å². The Labute approximate surface area is 109 Å². The minimum atomic E-state index is -0.377. The molecule has 4 rings (SSSR count). The number of aliphatic hydroxyl groups excluding tert-OH is 3. The van der Waals surface area contributed by atoms with E-state index in [1.807, 2.05) is 0 Å². The van der Waals surface area contributed by atoms with Crippen LogP contribution in [0.25, 0.3) is 0 Å². The van der Waals surface area contributed by atoms with E-state index in [4.69, 9.17) is 0 Å². The van der Waals surface area contributed by atoms with Crippen molar-refractivity contribution >= 4 is 0 Å². The van der Waals surface area contributed by atoms with Gasteiger partial charge < -0.3 is 15.3 Å². The normalized spacial score (nSPS) is 49.4. The lowest BCUT2D eigenvalue weighted by Gasteiger charge is -2.68. The molecule has 4 aliphatic carbocycles. The molecular formula is C15H24O3. The van der Waals surface area contributed by atoms with Crippen LogP contribution in [0.1, 0.15) is 32.6 Å². The maximum Gasteiger partial charge on any atom is 0.0753 e. The summed E-state index contributed by atoms with van der Waals surface area (Å²) in [5.74, 6) is 1.04. The van der Waals surface area contributed by atoms with Gasteiger partial charge in [-0.3, -0.25) is 0 Å². The fraction of sp³-hybridized carbons (Fsp3) is 0.867. The van der Waals surface area contributed by atoms with Crippen molar-refractivity contribution in [2.75, 3.05) is 13.2 Å². The zero-order valence-electron chi connectivity index (χ0n) is 11.1. The fourth-order valence-corrected chi connectivity index (χ4v) is 5.36. The molecule has 0 aromatic heterocycles. The fourth-order valence-electron chi connectivity index (χ4n) is 5.36. The molecule has 18 heavy (non-hydrogen) atoms. The second kappa shape index (κ2) is 3.81. The van der Waals surface area contributed by atoms with Crippen LogP contribution in [0, 0.1) is 28.6 Å². The maximum absolute atomic E-state index is 10.0. The van der Waals surface area contributed by atoms with E-state index in [9.17, 15) is 15.3 Å². The highest BCUT2D eigenvalue weighted by atomic mass is 16.3. The number of hydrogen-bond donors (Lipinski definition) is 3. The van der Waals surface area contributed by atoms with Crippen LogP contribution in [-0.2, 0) is 0 Å². The van der Waals surface area contributed by atoms with E-state index in [2.05, 4.69) is 13.5 Å². The first kappa shape index (κ1) is 12.6. The third kappa shape index (κ3) is 1.25. The van der Waals surface area contributed by atoms with Crippen LogP contribution in [0.15, 0.2) is 12.2 Å². The Morgan fingerprint density at radius 1 is 1.28 bits per heavy atom. The van der Waals surface area contributed by atoms with Crippen molar-refractivity contribution in [3.8, 4) is 0 Å². The van der Waals surface area contributed by atoms with Gasteiger partial charge >= 0.3 is 0 Å². The quantitative estimate of drug-likeness (QED) is 0.650. The largest absolute Gasteiger partial charge is 0.396 e. The summed E-state index contributed by atoms with van der Waals surface area (Å²) in [4.78, 5) is 0. The van der Waals surface area contributed by atoms with Crippen molar-refractivity contribution in [1.82, 2.24) is 0 Å². The first-order valence-electron chi connectivity index (χ1n) is 7.08. The topological polar surface area (TPSA) is 60.7 Å². The molecule has 4 fully saturated rings. The van der Waals surface area contributed by atoms with E-state index in [-0.39, 0.29) is 36.1 Å². The van der Waals surface area contributed by atoms with Crippen molar-refractivity contribution in [2.45, 2.75) is 38.7 Å². The van der Waals surface area contributed by atoms with Crippen molar-refractivity contribution in [2.24, 2.45) is 28.6 Å². The van der Waals surface area contributed by atoms with Crippen molar-refractivity contribution in [3.63, 3.8) is 0 Å². The van der Waals surface area contributed by atoms with Gasteiger partial charge in [-0.2, -0.15) is 0 Å². The number of rotatable bonds is 2. The molecule has 0 aliphatic heterocycles. The molecule has 4 aliphatic rings. The molecule has 0 radical (unpaired) electrons. The molecule has 0 spiro atoms. The second-order valence-electron chi connectivity index (χ2n) is 6.97. The summed E-state index contributed by atoms with van der Waals surface area (Å²) in [6.45, 7) is 6.52. The van der Waals surface area contributed by atoms with Gasteiger partial charge in [-0.15, -0.1) is 0 Å². The molecule has 0 unspecified atom stereocenters. The van der Waals surface area contributed by atoms with Gasteiger partial charge in [0.2, 0.25) is 0 Å². The first-order chi connectivity index (χ1) is 8.50. The standard InChI is InChI=1S/C15H24O3/c1-9-11(18)6-10-13-12(9)14(10,2)4-3-5-15(13,7-16)8-17/h10-13,16-18H,1,3-8H2,2H3/t10-,11+,12+,13-,14+/m1/s1. The van der Waals surface area contributed by atoms with Crippen LogP contribution in [0.5, 0.6) is 0 Å². The van der Waals surface area contributed by atoms with Gasteiger partial charge in [0.15, 0.2) is 0 Å². The Morgan fingerprint density at radius 2 is 1.94 bits per heavy atom. The summed E-state index contributed by atoms with van der Waals surface area (Å²) < 4.78 is 0. The van der Waals surface area contributed by atoms with Gasteiger partial charge in [0.05, 0.1) is 19.3 Å². The van der Waals surface area contributed by atoms with Gasteiger partial charge in [-0.1, -0.05) is 19.9 Å². The molecule has 0 heterocycles. The van der Waals surface area contributed by atoms with Crippen molar-refractivity contribution < 1.29 is 15.3 Å². The summed E-state index contributed by atoms with van der Waals surface area (Å²) in [7, 11) is 0. The van der Waals surface area contributed by atoms with Crippen molar-refractivity contribution in [3.05, 3.63) is 12.2 Å². The lowest BCUT2D eigenvalue weighted by Crippen LogP contribution is -2.66. The van der Waals surface area contributed by atoms with Crippen LogP contribution < -0.4 is 0 Å². The molecule has 0 aromatic rings. The lowest BCUT2D eigenvalue weighted by molar-refractivity contribution is -0.200. The van der Waals surface area contributed by atoms with E-state index in [1.54, 1.807) is 0 Å². The minimum Gasteiger partial charge on any atom is -0.396 e. The van der Waals surface area contributed by atoms with E-state index >= 15 is 0 Å². The SMILES string of the molecule is C=C1[C@@H](O)C[C@@H]2[C@@H]3[C@H]1[C@@]2(C)CCCC3(CO)CO. The zero-order valence-corrected chi connectivity index (χ0v) is 11.1. The van der Waals surface area contributed by atoms with Gasteiger partial charge in [-0.05, 0) is 48.0 Å². The highest BCUT2D eigenvalue weighted by molar-refractivity contribution is 5.30. The third-order valence-electron chi connectivity index (χ3n) is 6.38. The maximum atomic E-state index is 10.0. The van der Waals surface area contributed by atoms with Crippen LogP contribution in [-0.4, -0.2) is 34.6 Å². The summed E-state index contributed by atoms with van der Waals surface area (Å²) in [6, 6.07) is 0. The molecule has 3 N–H and O–H groups in total. The number of fused-ring (bicyclic) bond motifs is 2. The second-order valence-corrected chi connectivity index (χ2v) is 6.97. The average molecular weight is 252 g/mol. The van der Waals surface area contributed by atoms with Crippen LogP contribution in [0.4, 0.5) is 0 Å². The Kier molecular flexibility index (Phi) is 2.68. The molecular weight excluding hydrogens is 228 g/mol. The number of aliphatic hydroxyl groups is 3. The molecule has 0 aromatic carbocycles. The molecule has 4 bridgehead atoms. The Balaban J connectivity index is 2.03. The number of hydrogen-bond acceptors (Lipinski definition) is 3. The average Bonchev–Trinajstić information content (AvgIpc) is 2.57. The predicted molar refractivity (Wildman–Crippen MR) is 68.8 cm³/mol. The summed E-state index contributed by atoms with van der Waals surface area (Å²) in [5, 5.41) is 29.6. The Bertz CT molecular complexity index is 374. The van der Waals surface area contributed by atoms with Gasteiger partial charge in [0.1, 0.15) is 0 Å². The molecule has 5 atom stereocenters. The summed E-state index contributed by atoms with van der Waals surface area (Å²) in [6.07, 6.45) is 3.48. The monoisotopic (exact) mass is 252 g/mol. The highest BCUT2D eigenvalue weighted by Gasteiger charge is 2.69. The van der Waals surface area contributed by atoms with E-state index in [1.165, 1.54) is 0 Å². The first-order valence-corrected chi connectivity index (χ1v) is 7.08. The summed E-state index contributed by atoms with van der Waals surface area (Å²) >= 11 is 0. The summed E-state index contributed by atoms with van der Waals surface area (Å²) in [5.41, 5.74) is 0.833. The zero-order chi connectivity index (χ0) is 13.1. The minimum absolute atomic E-state index is 0.0562. The van der Waals surface area contributed by atoms with Crippen LogP contribution in [0.3, 0.4) is 0 Å². The van der Waals surface area contributed by atoms with Crippen LogP contribution in [0.2, 0.25) is 0 Å². The van der Waals surface area contributed by atoms with Gasteiger partial charge in [0, 0.05) is 5.41 Å². The van der Waals surface area contributed by atoms with Gasteiger partial charge in [0.25, 0.3) is 0 Å². The van der Waals surface area contributed by atoms with E-state index in [0.717, 1.165) is 31.3 Å². The highest BCUT2D eigenvalue weighted by Crippen LogP contribution is 2.73. The molecule has 3 heteroatoms. The smallest absolute Gasteiger partial charge is 0.0753 e. The molecule has 3 nitrogen and oxygen atoms in total. The third-order valence-corrected chi connectivity index (χ3v) is 6.38. The van der Waals surface area contributed by atoms with E-state index in [0.29, 0.717) is 11.8 Å². The van der Waals surface area contributed by atoms with Gasteiger partial charge in [-0.25, -0.2) is 0 Å². The molecule has 102 valence electrons. The Hall–Kier alpha value is -0.380. The van der Waals surface area contributed by atoms with Crippen LogP contribution >= 0.6 is 0 Å².